The van der Waals surface area contributed by atoms with Crippen LogP contribution in [0, 0.1) is 5.92 Å². The van der Waals surface area contributed by atoms with E-state index in [-0.39, 0.29) is 24.0 Å². The number of nitrogens with zero attached hydrogens (tertiary/aromatic N) is 4. The molecule has 1 aromatic carbocycles. The first-order valence-corrected chi connectivity index (χ1v) is 10.3. The fourth-order valence-corrected chi connectivity index (χ4v) is 4.24. The van der Waals surface area contributed by atoms with Crippen molar-refractivity contribution < 1.29 is 9.53 Å². The minimum atomic E-state index is -0.110. The number of aromatic nitrogens is 3. The van der Waals surface area contributed by atoms with E-state index in [1.807, 2.05) is 0 Å². The zero-order valence-corrected chi connectivity index (χ0v) is 17.2. The highest BCUT2D eigenvalue weighted by Crippen LogP contribution is 2.38. The maximum absolute atomic E-state index is 12.1. The van der Waals surface area contributed by atoms with Crippen LogP contribution in [0.1, 0.15) is 37.8 Å². The molecule has 0 bridgehead atoms. The predicted molar refractivity (Wildman–Crippen MR) is 110 cm³/mol. The zero-order chi connectivity index (χ0) is 20.4. The standard InChI is InChI=1S/C21H30N6O2/c1-21(2)10-16-4-3-5-17(19(16)29-21)12-26-8-6-15(7-9-26)11-23-18(28)13-27-14-24-20(22)25-27/h3-5,14-15H,6-13H2,1-2H3,(H2,22,25)(H,23,28). The number of ether oxygens (including phenoxy) is 1. The van der Waals surface area contributed by atoms with Gasteiger partial charge in [-0.15, -0.1) is 5.10 Å². The number of benzene rings is 1. The maximum atomic E-state index is 12.1. The minimum absolute atomic E-state index is 0.0584. The van der Waals surface area contributed by atoms with Crippen molar-refractivity contribution in [1.82, 2.24) is 25.0 Å². The van der Waals surface area contributed by atoms with Crippen LogP contribution in [-0.4, -0.2) is 50.8 Å². The van der Waals surface area contributed by atoms with E-state index in [1.54, 1.807) is 0 Å². The smallest absolute Gasteiger partial charge is 0.241 e. The lowest BCUT2D eigenvalue weighted by atomic mass is 9.96. The van der Waals surface area contributed by atoms with Gasteiger partial charge in [-0.3, -0.25) is 9.69 Å². The Balaban J connectivity index is 1.22. The van der Waals surface area contributed by atoms with E-state index in [1.165, 1.54) is 22.1 Å². The highest BCUT2D eigenvalue weighted by Gasteiger charge is 2.32. The summed E-state index contributed by atoms with van der Waals surface area (Å²) in [5, 5.41) is 6.95. The first-order valence-electron chi connectivity index (χ1n) is 10.3. The molecule has 3 N–H and O–H groups in total. The van der Waals surface area contributed by atoms with E-state index in [9.17, 15) is 4.79 Å². The third-order valence-electron chi connectivity index (χ3n) is 5.72. The summed E-state index contributed by atoms with van der Waals surface area (Å²) in [6.45, 7) is 8.14. The van der Waals surface area contributed by atoms with Crippen molar-refractivity contribution in [3.8, 4) is 5.75 Å². The van der Waals surface area contributed by atoms with Gasteiger partial charge in [0, 0.05) is 25.1 Å². The highest BCUT2D eigenvalue weighted by molar-refractivity contribution is 5.75. The topological polar surface area (TPSA) is 98.3 Å². The van der Waals surface area contributed by atoms with Crippen LogP contribution in [0.3, 0.4) is 0 Å². The largest absolute Gasteiger partial charge is 0.487 e. The summed E-state index contributed by atoms with van der Waals surface area (Å²) in [6.07, 6.45) is 4.60. The number of carbonyl (C=O) groups excluding carboxylic acids is 1. The molecule has 1 aromatic heterocycles. The van der Waals surface area contributed by atoms with Gasteiger partial charge in [0.15, 0.2) is 0 Å². The summed E-state index contributed by atoms with van der Waals surface area (Å²) in [6, 6.07) is 6.50. The Labute approximate surface area is 171 Å². The number of nitrogens with one attached hydrogen (secondary N) is 1. The molecular formula is C21H30N6O2. The molecule has 0 spiro atoms. The van der Waals surface area contributed by atoms with Gasteiger partial charge in [0.1, 0.15) is 24.2 Å². The van der Waals surface area contributed by atoms with Crippen molar-refractivity contribution in [3.63, 3.8) is 0 Å². The predicted octanol–water partition coefficient (Wildman–Crippen LogP) is 1.60. The monoisotopic (exact) mass is 398 g/mol. The van der Waals surface area contributed by atoms with Crippen molar-refractivity contribution in [2.24, 2.45) is 5.92 Å². The van der Waals surface area contributed by atoms with Gasteiger partial charge < -0.3 is 15.8 Å². The molecule has 8 heteroatoms. The number of piperidine rings is 1. The molecule has 1 saturated heterocycles. The van der Waals surface area contributed by atoms with Crippen molar-refractivity contribution in [1.29, 1.82) is 0 Å². The number of carbonyl (C=O) groups is 1. The number of likely N-dealkylation sites (tertiary alicyclic amines) is 1. The van der Waals surface area contributed by atoms with Crippen LogP contribution in [0.5, 0.6) is 5.75 Å². The molecule has 29 heavy (non-hydrogen) atoms. The second-order valence-electron chi connectivity index (χ2n) is 8.77. The summed E-state index contributed by atoms with van der Waals surface area (Å²) in [5.74, 6) is 1.72. The second-order valence-corrected chi connectivity index (χ2v) is 8.77. The molecule has 2 aliphatic heterocycles. The van der Waals surface area contributed by atoms with Gasteiger partial charge in [0.2, 0.25) is 11.9 Å². The third-order valence-corrected chi connectivity index (χ3v) is 5.72. The van der Waals surface area contributed by atoms with E-state index in [0.29, 0.717) is 12.5 Å². The van der Waals surface area contributed by atoms with Gasteiger partial charge in [-0.05, 0) is 51.3 Å². The van der Waals surface area contributed by atoms with Crippen LogP contribution in [0.2, 0.25) is 0 Å². The molecule has 0 aliphatic carbocycles. The van der Waals surface area contributed by atoms with Crippen LogP contribution in [0.15, 0.2) is 24.5 Å². The molecule has 8 nitrogen and oxygen atoms in total. The van der Waals surface area contributed by atoms with Crippen LogP contribution in [0.4, 0.5) is 5.95 Å². The van der Waals surface area contributed by atoms with Gasteiger partial charge in [0.25, 0.3) is 0 Å². The number of rotatable bonds is 6. The van der Waals surface area contributed by atoms with E-state index in [4.69, 9.17) is 10.5 Å². The molecule has 0 unspecified atom stereocenters. The van der Waals surface area contributed by atoms with Crippen molar-refractivity contribution in [3.05, 3.63) is 35.7 Å². The number of nitrogen functional groups attached to an aromatic ring is 1. The summed E-state index contributed by atoms with van der Waals surface area (Å²) >= 11 is 0. The molecule has 156 valence electrons. The Morgan fingerprint density at radius 1 is 1.34 bits per heavy atom. The number of fused-ring (bicyclic) bond motifs is 1. The molecule has 0 atom stereocenters. The van der Waals surface area contributed by atoms with Crippen molar-refractivity contribution >= 4 is 11.9 Å². The summed E-state index contributed by atoms with van der Waals surface area (Å²) < 4.78 is 7.66. The fraction of sp³-hybridized carbons (Fsp3) is 0.571. The van der Waals surface area contributed by atoms with E-state index in [2.05, 4.69) is 52.3 Å². The van der Waals surface area contributed by atoms with Crippen molar-refractivity contribution in [2.75, 3.05) is 25.4 Å². The minimum Gasteiger partial charge on any atom is -0.487 e. The number of amides is 1. The lowest BCUT2D eigenvalue weighted by molar-refractivity contribution is -0.122. The van der Waals surface area contributed by atoms with E-state index < -0.39 is 0 Å². The highest BCUT2D eigenvalue weighted by atomic mass is 16.5. The van der Waals surface area contributed by atoms with Crippen LogP contribution < -0.4 is 15.8 Å². The van der Waals surface area contributed by atoms with E-state index in [0.717, 1.165) is 44.6 Å². The quantitative estimate of drug-likeness (QED) is 0.767. The Morgan fingerprint density at radius 3 is 2.86 bits per heavy atom. The molecule has 3 heterocycles. The number of para-hydroxylation sites is 1. The van der Waals surface area contributed by atoms with E-state index >= 15 is 0 Å². The average Bonchev–Trinajstić information content (AvgIpc) is 3.22. The third kappa shape index (κ3) is 4.87. The van der Waals surface area contributed by atoms with Crippen LogP contribution in [0.25, 0.3) is 0 Å². The number of nitrogens with two attached hydrogens (primary N) is 1. The Hall–Kier alpha value is -2.61. The van der Waals surface area contributed by atoms with Gasteiger partial charge in [-0.25, -0.2) is 9.67 Å². The Morgan fingerprint density at radius 2 is 2.14 bits per heavy atom. The van der Waals surface area contributed by atoms with Gasteiger partial charge in [-0.2, -0.15) is 0 Å². The normalized spacial score (nSPS) is 19.0. The molecule has 2 aliphatic rings. The van der Waals surface area contributed by atoms with Crippen LogP contribution >= 0.6 is 0 Å². The molecule has 1 amide bonds. The number of hydrogen-bond acceptors (Lipinski definition) is 6. The zero-order valence-electron chi connectivity index (χ0n) is 17.2. The molecule has 0 saturated carbocycles. The Bertz CT molecular complexity index is 870. The lowest BCUT2D eigenvalue weighted by Gasteiger charge is -2.32. The first kappa shape index (κ1) is 19.7. The molecule has 2 aromatic rings. The SMILES string of the molecule is CC1(C)Cc2cccc(CN3CCC(CNC(=O)Cn4cnc(N)n4)CC3)c2O1. The number of hydrogen-bond donors (Lipinski definition) is 2. The van der Waals surface area contributed by atoms with Gasteiger partial charge in [0.05, 0.1) is 0 Å². The summed E-state index contributed by atoms with van der Waals surface area (Å²) in [5.41, 5.74) is 7.96. The van der Waals surface area contributed by atoms with Crippen molar-refractivity contribution in [2.45, 2.75) is 51.8 Å². The van der Waals surface area contributed by atoms with Gasteiger partial charge in [-0.1, -0.05) is 18.2 Å². The molecule has 1 fully saturated rings. The Kier molecular flexibility index (Phi) is 5.45. The average molecular weight is 399 g/mol. The summed E-state index contributed by atoms with van der Waals surface area (Å²) in [4.78, 5) is 18.4. The lowest BCUT2D eigenvalue weighted by Crippen LogP contribution is -2.39. The molecule has 4 rings (SSSR count). The van der Waals surface area contributed by atoms with Gasteiger partial charge >= 0.3 is 0 Å². The summed E-state index contributed by atoms with van der Waals surface area (Å²) in [7, 11) is 0. The number of anilines is 1. The molecular weight excluding hydrogens is 368 g/mol. The fourth-order valence-electron chi connectivity index (χ4n) is 4.24. The second kappa shape index (κ2) is 8.02. The molecule has 0 radical (unpaired) electrons. The van der Waals surface area contributed by atoms with Crippen LogP contribution in [-0.2, 0) is 24.3 Å². The first-order chi connectivity index (χ1) is 13.9. The maximum Gasteiger partial charge on any atom is 0.241 e.